The smallest absolute Gasteiger partial charge is 0.269 e. The highest BCUT2D eigenvalue weighted by Crippen LogP contribution is 2.19. The molecule has 0 fully saturated rings. The summed E-state index contributed by atoms with van der Waals surface area (Å²) < 4.78 is 10.5. The molecule has 9 heteroatoms. The summed E-state index contributed by atoms with van der Waals surface area (Å²) in [6, 6.07) is 14.3. The number of nitro groups is 1. The number of rotatable bonds is 9. The van der Waals surface area contributed by atoms with Crippen LogP contribution in [0.15, 0.2) is 53.5 Å². The third-order valence-electron chi connectivity index (χ3n) is 4.11. The van der Waals surface area contributed by atoms with E-state index < -0.39 is 4.92 Å². The Morgan fingerprint density at radius 1 is 1.17 bits per heavy atom. The van der Waals surface area contributed by atoms with Crippen molar-refractivity contribution in [3.8, 4) is 5.75 Å². The monoisotopic (exact) mass is 514 g/mol. The molecule has 0 aliphatic heterocycles. The molecule has 29 heavy (non-hydrogen) atoms. The van der Waals surface area contributed by atoms with E-state index in [-0.39, 0.29) is 29.7 Å². The summed E-state index contributed by atoms with van der Waals surface area (Å²) >= 11 is 0. The topological polar surface area (TPSA) is 89.2 Å². The quantitative estimate of drug-likeness (QED) is 0.138. The van der Waals surface area contributed by atoms with Gasteiger partial charge in [0.2, 0.25) is 0 Å². The average molecular weight is 514 g/mol. The van der Waals surface area contributed by atoms with Crippen LogP contribution in [-0.2, 0) is 17.8 Å². The number of ether oxygens (including phenoxy) is 2. The van der Waals surface area contributed by atoms with Gasteiger partial charge >= 0.3 is 0 Å². The fourth-order valence-corrected chi connectivity index (χ4v) is 2.63. The molecule has 0 saturated carbocycles. The molecule has 0 atom stereocenters. The number of non-ortho nitro benzene ring substituents is 1. The van der Waals surface area contributed by atoms with E-state index in [2.05, 4.69) is 10.3 Å². The van der Waals surface area contributed by atoms with Crippen LogP contribution in [0.2, 0.25) is 0 Å². The number of halogens is 1. The lowest BCUT2D eigenvalue weighted by Gasteiger charge is -2.23. The number of methoxy groups -OCH3 is 2. The number of guanidine groups is 1. The summed E-state index contributed by atoms with van der Waals surface area (Å²) in [7, 11) is 5.24. The lowest BCUT2D eigenvalue weighted by atomic mass is 10.2. The predicted molar refractivity (Wildman–Crippen MR) is 124 cm³/mol. The predicted octanol–water partition coefficient (Wildman–Crippen LogP) is 3.45. The molecule has 1 N–H and O–H groups in total. The van der Waals surface area contributed by atoms with Crippen molar-refractivity contribution >= 4 is 35.6 Å². The second-order valence-corrected chi connectivity index (χ2v) is 6.15. The minimum absolute atomic E-state index is 0. The van der Waals surface area contributed by atoms with Crippen LogP contribution in [0.25, 0.3) is 0 Å². The van der Waals surface area contributed by atoms with Gasteiger partial charge in [0.25, 0.3) is 5.69 Å². The van der Waals surface area contributed by atoms with Crippen LogP contribution in [0.1, 0.15) is 11.1 Å². The van der Waals surface area contributed by atoms with Crippen molar-refractivity contribution in [2.24, 2.45) is 4.99 Å². The van der Waals surface area contributed by atoms with Crippen LogP contribution < -0.4 is 10.1 Å². The summed E-state index contributed by atoms with van der Waals surface area (Å²) in [6.07, 6.45) is 0. The number of nitrogens with zero attached hydrogens (tertiary/aromatic N) is 3. The van der Waals surface area contributed by atoms with Gasteiger partial charge in [-0.05, 0) is 11.6 Å². The molecule has 0 spiro atoms. The maximum Gasteiger partial charge on any atom is 0.269 e. The molecule has 0 aliphatic rings. The second-order valence-electron chi connectivity index (χ2n) is 6.15. The average Bonchev–Trinajstić information content (AvgIpc) is 2.71. The van der Waals surface area contributed by atoms with E-state index in [0.29, 0.717) is 32.2 Å². The number of hydrogen-bond acceptors (Lipinski definition) is 5. The first-order chi connectivity index (χ1) is 13.5. The number of nitrogens with one attached hydrogen (secondary N) is 1. The molecular formula is C20H27IN4O4. The minimum atomic E-state index is -0.411. The molecule has 0 aliphatic carbocycles. The van der Waals surface area contributed by atoms with Crippen LogP contribution in [0.5, 0.6) is 5.75 Å². The zero-order chi connectivity index (χ0) is 20.4. The Bertz CT molecular complexity index is 799. The normalized spacial score (nSPS) is 10.8. The Morgan fingerprint density at radius 3 is 2.48 bits per heavy atom. The minimum Gasteiger partial charge on any atom is -0.496 e. The van der Waals surface area contributed by atoms with Crippen LogP contribution in [-0.4, -0.2) is 50.2 Å². The molecule has 0 unspecified atom stereocenters. The van der Waals surface area contributed by atoms with Gasteiger partial charge in [0.1, 0.15) is 5.75 Å². The van der Waals surface area contributed by atoms with E-state index in [0.717, 1.165) is 16.9 Å². The molecule has 0 bridgehead atoms. The van der Waals surface area contributed by atoms with Gasteiger partial charge in [-0.25, -0.2) is 4.99 Å². The summed E-state index contributed by atoms with van der Waals surface area (Å²) in [5, 5.41) is 14.1. The first-order valence-electron chi connectivity index (χ1n) is 8.88. The molecule has 0 aromatic heterocycles. The summed E-state index contributed by atoms with van der Waals surface area (Å²) in [6.45, 7) is 2.19. The van der Waals surface area contributed by atoms with Gasteiger partial charge in [0, 0.05) is 44.9 Å². The Labute approximate surface area is 188 Å². The standard InChI is InChI=1S/C20H26N4O4.HI/c1-23(15-17-6-4-5-7-19(17)28-3)20(21-12-13-27-2)22-14-16-8-10-18(11-9-16)24(25)26;/h4-11H,12-15H2,1-3H3,(H,21,22);1H. The molecule has 0 amide bonds. The fraction of sp³-hybridized carbons (Fsp3) is 0.350. The third-order valence-corrected chi connectivity index (χ3v) is 4.11. The lowest BCUT2D eigenvalue weighted by Crippen LogP contribution is -2.40. The van der Waals surface area contributed by atoms with Crippen molar-refractivity contribution in [1.29, 1.82) is 0 Å². The van der Waals surface area contributed by atoms with Crippen molar-refractivity contribution in [2.75, 3.05) is 34.4 Å². The maximum atomic E-state index is 10.8. The molecule has 8 nitrogen and oxygen atoms in total. The van der Waals surface area contributed by atoms with Gasteiger partial charge in [-0.2, -0.15) is 0 Å². The highest BCUT2D eigenvalue weighted by Gasteiger charge is 2.11. The van der Waals surface area contributed by atoms with Crippen molar-refractivity contribution in [2.45, 2.75) is 13.1 Å². The molecule has 158 valence electrons. The van der Waals surface area contributed by atoms with E-state index in [1.165, 1.54) is 12.1 Å². The largest absolute Gasteiger partial charge is 0.496 e. The Balaban J connectivity index is 0.00000420. The van der Waals surface area contributed by atoms with Crippen LogP contribution in [0.3, 0.4) is 0 Å². The van der Waals surface area contributed by atoms with Crippen LogP contribution >= 0.6 is 24.0 Å². The van der Waals surface area contributed by atoms with Gasteiger partial charge < -0.3 is 19.7 Å². The van der Waals surface area contributed by atoms with Gasteiger partial charge in [-0.15, -0.1) is 24.0 Å². The highest BCUT2D eigenvalue weighted by molar-refractivity contribution is 14.0. The van der Waals surface area contributed by atoms with E-state index in [9.17, 15) is 10.1 Å². The molecular weight excluding hydrogens is 487 g/mol. The van der Waals surface area contributed by atoms with Gasteiger partial charge in [-0.3, -0.25) is 10.1 Å². The Hall–Kier alpha value is -2.40. The van der Waals surface area contributed by atoms with E-state index in [4.69, 9.17) is 9.47 Å². The Kier molecular flexibility index (Phi) is 11.0. The van der Waals surface area contributed by atoms with Gasteiger partial charge in [0.15, 0.2) is 5.96 Å². The number of aliphatic imine (C=N–C) groups is 1. The van der Waals surface area contributed by atoms with E-state index in [1.54, 1.807) is 26.4 Å². The maximum absolute atomic E-state index is 10.8. The molecule has 2 aromatic rings. The number of benzene rings is 2. The first-order valence-corrected chi connectivity index (χ1v) is 8.88. The van der Waals surface area contributed by atoms with Crippen LogP contribution in [0, 0.1) is 10.1 Å². The molecule has 2 rings (SSSR count). The van der Waals surface area contributed by atoms with Crippen molar-refractivity contribution in [3.63, 3.8) is 0 Å². The second kappa shape index (κ2) is 12.9. The zero-order valence-electron chi connectivity index (χ0n) is 16.8. The van der Waals surface area contributed by atoms with Gasteiger partial charge in [-0.1, -0.05) is 30.3 Å². The van der Waals surface area contributed by atoms with Crippen molar-refractivity contribution in [1.82, 2.24) is 10.2 Å². The first kappa shape index (κ1) is 24.6. The highest BCUT2D eigenvalue weighted by atomic mass is 127. The number of para-hydroxylation sites is 1. The zero-order valence-corrected chi connectivity index (χ0v) is 19.2. The summed E-state index contributed by atoms with van der Waals surface area (Å²) in [4.78, 5) is 17.0. The van der Waals surface area contributed by atoms with E-state index in [1.807, 2.05) is 36.2 Å². The lowest BCUT2D eigenvalue weighted by molar-refractivity contribution is -0.384. The Morgan fingerprint density at radius 2 is 1.86 bits per heavy atom. The van der Waals surface area contributed by atoms with Crippen molar-refractivity contribution < 1.29 is 14.4 Å². The van der Waals surface area contributed by atoms with Crippen molar-refractivity contribution in [3.05, 3.63) is 69.8 Å². The molecule has 2 aromatic carbocycles. The summed E-state index contributed by atoms with van der Waals surface area (Å²) in [5.74, 6) is 1.53. The fourth-order valence-electron chi connectivity index (χ4n) is 2.63. The van der Waals surface area contributed by atoms with Gasteiger partial charge in [0.05, 0.1) is 25.2 Å². The SMILES string of the molecule is COCCNC(=NCc1ccc([N+](=O)[O-])cc1)N(C)Cc1ccccc1OC.I. The third kappa shape index (κ3) is 7.86. The number of hydrogen-bond donors (Lipinski definition) is 1. The van der Waals surface area contributed by atoms with E-state index >= 15 is 0 Å². The number of nitro benzene ring substituents is 1. The molecule has 0 heterocycles. The molecule has 0 radical (unpaired) electrons. The van der Waals surface area contributed by atoms with Crippen LogP contribution in [0.4, 0.5) is 5.69 Å². The molecule has 0 saturated heterocycles. The summed E-state index contributed by atoms with van der Waals surface area (Å²) in [5.41, 5.74) is 2.01.